The lowest BCUT2D eigenvalue weighted by atomic mass is 10.3. The van der Waals surface area contributed by atoms with Crippen LogP contribution in [0, 0.1) is 0 Å². The molecule has 0 saturated heterocycles. The Morgan fingerprint density at radius 1 is 1.14 bits per heavy atom. The molecule has 3 aromatic rings. The number of benzene rings is 2. The summed E-state index contributed by atoms with van der Waals surface area (Å²) in [6.07, 6.45) is 1.20. The van der Waals surface area contributed by atoms with Crippen LogP contribution in [-0.4, -0.2) is 46.5 Å². The molecule has 0 unspecified atom stereocenters. The monoisotopic (exact) mass is 394 g/mol. The summed E-state index contributed by atoms with van der Waals surface area (Å²) < 4.78 is 6.46. The minimum absolute atomic E-state index is 0.112. The van der Waals surface area contributed by atoms with Gasteiger partial charge < -0.3 is 15.0 Å². The van der Waals surface area contributed by atoms with E-state index < -0.39 is 0 Å². The van der Waals surface area contributed by atoms with Crippen LogP contribution >= 0.6 is 0 Å². The number of ether oxygens (including phenoxy) is 1. The number of hydrogen-bond acceptors (Lipinski definition) is 5. The molecule has 8 heteroatoms. The van der Waals surface area contributed by atoms with E-state index in [1.54, 1.807) is 56.5 Å². The van der Waals surface area contributed by atoms with Gasteiger partial charge in [0.25, 0.3) is 5.56 Å². The fourth-order valence-corrected chi connectivity index (χ4v) is 2.94. The molecule has 2 amide bonds. The van der Waals surface area contributed by atoms with Gasteiger partial charge in [-0.2, -0.15) is 0 Å². The Morgan fingerprint density at radius 2 is 1.86 bits per heavy atom. The van der Waals surface area contributed by atoms with Crippen molar-refractivity contribution < 1.29 is 14.3 Å². The lowest BCUT2D eigenvalue weighted by molar-refractivity contribution is -0.135. The fraction of sp³-hybridized carbons (Fsp3) is 0.238. The number of methoxy groups -OCH3 is 1. The Hall–Kier alpha value is -3.68. The highest BCUT2D eigenvalue weighted by atomic mass is 16.5. The summed E-state index contributed by atoms with van der Waals surface area (Å²) in [5.74, 6) is 0.0384. The van der Waals surface area contributed by atoms with Crippen LogP contribution in [0.15, 0.2) is 59.5 Å². The van der Waals surface area contributed by atoms with Crippen LogP contribution in [-0.2, 0) is 16.1 Å². The molecule has 0 aliphatic heterocycles. The second kappa shape index (κ2) is 9.01. The second-order valence-corrected chi connectivity index (χ2v) is 6.36. The lowest BCUT2D eigenvalue weighted by Crippen LogP contribution is -2.41. The highest BCUT2D eigenvalue weighted by Crippen LogP contribution is 2.15. The van der Waals surface area contributed by atoms with E-state index in [0.717, 1.165) is 0 Å². The van der Waals surface area contributed by atoms with Gasteiger partial charge in [0, 0.05) is 12.2 Å². The summed E-state index contributed by atoms with van der Waals surface area (Å²) in [6.45, 7) is 1.85. The number of para-hydroxylation sites is 2. The van der Waals surface area contributed by atoms with Crippen molar-refractivity contribution in [1.29, 1.82) is 0 Å². The number of aromatic nitrogens is 2. The fourth-order valence-electron chi connectivity index (χ4n) is 2.94. The SMILES string of the molecule is CCN(CC(=O)Nc1ccc(OC)cc1)C(=O)Cn1c(=O)cnc2ccccc21. The van der Waals surface area contributed by atoms with Crippen molar-refractivity contribution in [2.45, 2.75) is 13.5 Å². The molecule has 1 heterocycles. The first-order chi connectivity index (χ1) is 14.0. The molecule has 0 aliphatic carbocycles. The van der Waals surface area contributed by atoms with Gasteiger partial charge in [-0.1, -0.05) is 12.1 Å². The summed E-state index contributed by atoms with van der Waals surface area (Å²) in [6, 6.07) is 14.0. The van der Waals surface area contributed by atoms with Gasteiger partial charge in [0.2, 0.25) is 11.8 Å². The van der Waals surface area contributed by atoms with Crippen molar-refractivity contribution >= 4 is 28.5 Å². The van der Waals surface area contributed by atoms with Gasteiger partial charge in [-0.15, -0.1) is 0 Å². The number of fused-ring (bicyclic) bond motifs is 1. The molecule has 0 aliphatic rings. The smallest absolute Gasteiger partial charge is 0.269 e. The van der Waals surface area contributed by atoms with Crippen molar-refractivity contribution in [1.82, 2.24) is 14.5 Å². The van der Waals surface area contributed by atoms with Crippen molar-refractivity contribution in [3.63, 3.8) is 0 Å². The number of amides is 2. The van der Waals surface area contributed by atoms with Crippen molar-refractivity contribution in [3.05, 3.63) is 65.1 Å². The number of likely N-dealkylation sites (N-methyl/N-ethyl adjacent to an activating group) is 1. The van der Waals surface area contributed by atoms with E-state index in [9.17, 15) is 14.4 Å². The van der Waals surface area contributed by atoms with Gasteiger partial charge in [0.15, 0.2) is 0 Å². The Morgan fingerprint density at radius 3 is 2.55 bits per heavy atom. The molecule has 2 aromatic carbocycles. The minimum Gasteiger partial charge on any atom is -0.497 e. The van der Waals surface area contributed by atoms with E-state index in [1.165, 1.54) is 15.7 Å². The minimum atomic E-state index is -0.365. The standard InChI is InChI=1S/C21H22N4O4/c1-3-24(13-19(26)23-15-8-10-16(29-2)11-9-15)21(28)14-25-18-7-5-4-6-17(18)22-12-20(25)27/h4-12H,3,13-14H2,1-2H3,(H,23,26). The Labute approximate surface area is 167 Å². The van der Waals surface area contributed by atoms with Crippen molar-refractivity contribution in [2.75, 3.05) is 25.5 Å². The maximum Gasteiger partial charge on any atom is 0.269 e. The van der Waals surface area contributed by atoms with Crippen LogP contribution in [0.1, 0.15) is 6.92 Å². The first-order valence-corrected chi connectivity index (χ1v) is 9.18. The Kier molecular flexibility index (Phi) is 6.23. The number of nitrogens with one attached hydrogen (secondary N) is 1. The summed E-state index contributed by atoms with van der Waals surface area (Å²) in [7, 11) is 1.57. The van der Waals surface area contributed by atoms with Crippen molar-refractivity contribution in [2.24, 2.45) is 0 Å². The van der Waals surface area contributed by atoms with E-state index in [2.05, 4.69) is 10.3 Å². The molecule has 0 saturated carbocycles. The Bertz CT molecular complexity index is 1080. The predicted octanol–water partition coefficient (Wildman–Crippen LogP) is 1.89. The topological polar surface area (TPSA) is 93.5 Å². The number of carbonyl (C=O) groups is 2. The van der Waals surface area contributed by atoms with E-state index in [4.69, 9.17) is 4.74 Å². The number of hydrogen-bond donors (Lipinski definition) is 1. The average Bonchev–Trinajstić information content (AvgIpc) is 2.74. The number of carbonyl (C=O) groups excluding carboxylic acids is 2. The number of anilines is 1. The summed E-state index contributed by atoms with van der Waals surface area (Å²) in [5.41, 5.74) is 1.44. The van der Waals surface area contributed by atoms with Gasteiger partial charge in [0.1, 0.15) is 12.3 Å². The molecule has 0 fully saturated rings. The molecule has 8 nitrogen and oxygen atoms in total. The third-order valence-corrected chi connectivity index (χ3v) is 4.49. The quantitative estimate of drug-likeness (QED) is 0.661. The predicted molar refractivity (Wildman–Crippen MR) is 110 cm³/mol. The Balaban J connectivity index is 1.70. The lowest BCUT2D eigenvalue weighted by Gasteiger charge is -2.21. The molecular formula is C21H22N4O4. The third kappa shape index (κ3) is 4.78. The first-order valence-electron chi connectivity index (χ1n) is 9.18. The average molecular weight is 394 g/mol. The summed E-state index contributed by atoms with van der Waals surface area (Å²) >= 11 is 0. The number of nitrogens with zero attached hydrogens (tertiary/aromatic N) is 3. The van der Waals surface area contributed by atoms with Crippen LogP contribution in [0.4, 0.5) is 5.69 Å². The molecular weight excluding hydrogens is 372 g/mol. The van der Waals surface area contributed by atoms with E-state index in [0.29, 0.717) is 29.0 Å². The van der Waals surface area contributed by atoms with Crippen LogP contribution in [0.25, 0.3) is 11.0 Å². The zero-order chi connectivity index (χ0) is 20.8. The molecule has 1 N–H and O–H groups in total. The van der Waals surface area contributed by atoms with Gasteiger partial charge >= 0.3 is 0 Å². The van der Waals surface area contributed by atoms with E-state index >= 15 is 0 Å². The maximum atomic E-state index is 12.8. The third-order valence-electron chi connectivity index (χ3n) is 4.49. The van der Waals surface area contributed by atoms with Gasteiger partial charge in [-0.05, 0) is 43.3 Å². The zero-order valence-electron chi connectivity index (χ0n) is 16.3. The summed E-state index contributed by atoms with van der Waals surface area (Å²) in [5, 5.41) is 2.75. The van der Waals surface area contributed by atoms with E-state index in [1.807, 2.05) is 6.07 Å². The largest absolute Gasteiger partial charge is 0.497 e. The molecule has 1 aromatic heterocycles. The highest BCUT2D eigenvalue weighted by Gasteiger charge is 2.18. The van der Waals surface area contributed by atoms with Crippen LogP contribution in [0.5, 0.6) is 5.75 Å². The molecule has 3 rings (SSSR count). The van der Waals surface area contributed by atoms with Gasteiger partial charge in [-0.3, -0.25) is 19.0 Å². The van der Waals surface area contributed by atoms with Crippen LogP contribution in [0.2, 0.25) is 0 Å². The molecule has 150 valence electrons. The van der Waals surface area contributed by atoms with Gasteiger partial charge in [-0.25, -0.2) is 4.98 Å². The molecule has 0 atom stereocenters. The highest BCUT2D eigenvalue weighted by molar-refractivity contribution is 5.94. The molecule has 0 radical (unpaired) electrons. The van der Waals surface area contributed by atoms with Crippen LogP contribution < -0.4 is 15.6 Å². The second-order valence-electron chi connectivity index (χ2n) is 6.36. The maximum absolute atomic E-state index is 12.8. The zero-order valence-corrected chi connectivity index (χ0v) is 16.3. The number of rotatable bonds is 7. The van der Waals surface area contributed by atoms with E-state index in [-0.39, 0.29) is 30.5 Å². The van der Waals surface area contributed by atoms with Crippen molar-refractivity contribution in [3.8, 4) is 5.75 Å². The van der Waals surface area contributed by atoms with Gasteiger partial charge in [0.05, 0.1) is 30.9 Å². The normalized spacial score (nSPS) is 10.6. The summed E-state index contributed by atoms with van der Waals surface area (Å²) in [4.78, 5) is 42.8. The molecule has 29 heavy (non-hydrogen) atoms. The molecule has 0 bridgehead atoms. The molecule has 0 spiro atoms. The van der Waals surface area contributed by atoms with Crippen LogP contribution in [0.3, 0.4) is 0 Å². The first kappa shape index (κ1) is 20.1.